The zero-order chi connectivity index (χ0) is 15.7. The van der Waals surface area contributed by atoms with E-state index in [0.29, 0.717) is 10.6 Å². The molecule has 2 nitrogen and oxygen atoms in total. The van der Waals surface area contributed by atoms with Crippen LogP contribution < -0.4 is 5.32 Å². The van der Waals surface area contributed by atoms with Crippen LogP contribution in [-0.2, 0) is 6.42 Å². The number of fused-ring (bicyclic) bond motifs is 1. The molecule has 3 heteroatoms. The molecule has 1 aliphatic rings. The van der Waals surface area contributed by atoms with Crippen molar-refractivity contribution in [1.29, 1.82) is 0 Å². The molecule has 0 amide bonds. The fraction of sp³-hybridized carbons (Fsp3) is 0.211. The van der Waals surface area contributed by atoms with Crippen LogP contribution in [0.2, 0.25) is 5.02 Å². The van der Waals surface area contributed by atoms with Gasteiger partial charge in [0, 0.05) is 33.5 Å². The second kappa shape index (κ2) is 5.62. The Morgan fingerprint density at radius 2 is 1.82 bits per heavy atom. The van der Waals surface area contributed by atoms with E-state index in [4.69, 9.17) is 11.6 Å². The number of hydrogen-bond donors (Lipinski definition) is 1. The van der Waals surface area contributed by atoms with Crippen molar-refractivity contribution in [2.24, 2.45) is 0 Å². The van der Waals surface area contributed by atoms with Crippen LogP contribution in [0.15, 0.2) is 54.6 Å². The summed E-state index contributed by atoms with van der Waals surface area (Å²) in [6.07, 6.45) is 2.62. The van der Waals surface area contributed by atoms with Gasteiger partial charge in [-0.3, -0.25) is 4.79 Å². The second-order valence-corrected chi connectivity index (χ2v) is 6.71. The first-order valence-electron chi connectivity index (χ1n) is 7.33. The maximum atomic E-state index is 12.5. The van der Waals surface area contributed by atoms with Crippen LogP contribution in [0, 0.1) is 0 Å². The molecule has 0 fully saturated rings. The van der Waals surface area contributed by atoms with Gasteiger partial charge in [0.05, 0.1) is 0 Å². The maximum Gasteiger partial charge on any atom is 0.187 e. The molecule has 1 N–H and O–H groups in total. The third-order valence-electron chi connectivity index (χ3n) is 3.82. The molecule has 22 heavy (non-hydrogen) atoms. The largest absolute Gasteiger partial charge is 0.379 e. The number of carbonyl (C=O) groups is 1. The molecule has 0 saturated carbocycles. The van der Waals surface area contributed by atoms with E-state index in [1.165, 1.54) is 5.56 Å². The Labute approximate surface area is 135 Å². The topological polar surface area (TPSA) is 29.1 Å². The van der Waals surface area contributed by atoms with Gasteiger partial charge in [-0.1, -0.05) is 35.9 Å². The van der Waals surface area contributed by atoms with Crippen molar-refractivity contribution in [1.82, 2.24) is 5.32 Å². The standard InChI is InChI=1S/C19H18ClNO/c1-19(2)12-14-5-3-4-6-16(14)17(21-19)11-18(22)13-7-9-15(20)10-8-13/h3-11,21H,12H2,1-2H3. The highest BCUT2D eigenvalue weighted by atomic mass is 35.5. The highest BCUT2D eigenvalue weighted by molar-refractivity contribution is 6.30. The van der Waals surface area contributed by atoms with E-state index < -0.39 is 0 Å². The van der Waals surface area contributed by atoms with Gasteiger partial charge in [-0.15, -0.1) is 0 Å². The third kappa shape index (κ3) is 3.07. The average Bonchev–Trinajstić information content (AvgIpc) is 2.46. The van der Waals surface area contributed by atoms with Crippen LogP contribution in [0.3, 0.4) is 0 Å². The minimum Gasteiger partial charge on any atom is -0.379 e. The number of ketones is 1. The summed E-state index contributed by atoms with van der Waals surface area (Å²) in [7, 11) is 0. The van der Waals surface area contributed by atoms with E-state index >= 15 is 0 Å². The smallest absolute Gasteiger partial charge is 0.187 e. The van der Waals surface area contributed by atoms with Crippen LogP contribution in [0.4, 0.5) is 0 Å². The van der Waals surface area contributed by atoms with Crippen LogP contribution in [0.1, 0.15) is 35.3 Å². The molecular weight excluding hydrogens is 294 g/mol. The summed E-state index contributed by atoms with van der Waals surface area (Å²) in [6, 6.07) is 15.2. The molecule has 0 aromatic heterocycles. The molecule has 2 aromatic rings. The predicted molar refractivity (Wildman–Crippen MR) is 91.1 cm³/mol. The number of halogens is 1. The van der Waals surface area contributed by atoms with Crippen molar-refractivity contribution in [2.75, 3.05) is 0 Å². The van der Waals surface area contributed by atoms with Crippen LogP contribution in [0.25, 0.3) is 5.70 Å². The Bertz CT molecular complexity index is 744. The average molecular weight is 312 g/mol. The lowest BCUT2D eigenvalue weighted by atomic mass is 9.85. The molecule has 0 aliphatic carbocycles. The van der Waals surface area contributed by atoms with Gasteiger partial charge in [0.1, 0.15) is 0 Å². The highest BCUT2D eigenvalue weighted by Gasteiger charge is 2.27. The minimum atomic E-state index is -0.0690. The van der Waals surface area contributed by atoms with E-state index in [1.807, 2.05) is 12.1 Å². The molecule has 112 valence electrons. The Morgan fingerprint density at radius 1 is 1.14 bits per heavy atom. The highest BCUT2D eigenvalue weighted by Crippen LogP contribution is 2.29. The van der Waals surface area contributed by atoms with E-state index in [1.54, 1.807) is 30.3 Å². The second-order valence-electron chi connectivity index (χ2n) is 6.27. The molecule has 0 atom stereocenters. The van der Waals surface area contributed by atoms with Crippen LogP contribution >= 0.6 is 11.6 Å². The molecule has 1 aliphatic heterocycles. The normalized spacial score (nSPS) is 17.7. The summed E-state index contributed by atoms with van der Waals surface area (Å²) in [4.78, 5) is 12.5. The zero-order valence-corrected chi connectivity index (χ0v) is 13.4. The summed E-state index contributed by atoms with van der Waals surface area (Å²) >= 11 is 5.87. The van der Waals surface area contributed by atoms with E-state index in [-0.39, 0.29) is 11.3 Å². The molecule has 0 spiro atoms. The van der Waals surface area contributed by atoms with Crippen molar-refractivity contribution >= 4 is 23.1 Å². The van der Waals surface area contributed by atoms with Gasteiger partial charge < -0.3 is 5.32 Å². The van der Waals surface area contributed by atoms with Gasteiger partial charge in [0.2, 0.25) is 0 Å². The van der Waals surface area contributed by atoms with Crippen LogP contribution in [-0.4, -0.2) is 11.3 Å². The number of nitrogens with one attached hydrogen (secondary N) is 1. The molecule has 0 radical (unpaired) electrons. The van der Waals surface area contributed by atoms with Gasteiger partial charge in [-0.05, 0) is 50.1 Å². The number of benzene rings is 2. The fourth-order valence-electron chi connectivity index (χ4n) is 2.83. The lowest BCUT2D eigenvalue weighted by Crippen LogP contribution is -2.43. The van der Waals surface area contributed by atoms with Crippen molar-refractivity contribution in [2.45, 2.75) is 25.8 Å². The van der Waals surface area contributed by atoms with E-state index in [9.17, 15) is 4.79 Å². The lowest BCUT2D eigenvalue weighted by Gasteiger charge is -2.35. The molecular formula is C19H18ClNO. The van der Waals surface area contributed by atoms with Gasteiger partial charge in [0.15, 0.2) is 5.78 Å². The van der Waals surface area contributed by atoms with Crippen molar-refractivity contribution < 1.29 is 4.79 Å². The van der Waals surface area contributed by atoms with Gasteiger partial charge >= 0.3 is 0 Å². The SMILES string of the molecule is CC1(C)Cc2ccccc2C(=CC(=O)c2ccc(Cl)cc2)N1. The maximum absolute atomic E-state index is 12.5. The number of hydrogen-bond acceptors (Lipinski definition) is 2. The summed E-state index contributed by atoms with van der Waals surface area (Å²) in [6.45, 7) is 4.28. The first-order chi connectivity index (χ1) is 10.4. The Morgan fingerprint density at radius 3 is 2.55 bits per heavy atom. The molecule has 0 saturated heterocycles. The molecule has 3 rings (SSSR count). The van der Waals surface area contributed by atoms with Crippen molar-refractivity contribution in [3.63, 3.8) is 0 Å². The van der Waals surface area contributed by atoms with Gasteiger partial charge in [-0.25, -0.2) is 0 Å². The number of allylic oxidation sites excluding steroid dienone is 1. The van der Waals surface area contributed by atoms with Gasteiger partial charge in [-0.2, -0.15) is 0 Å². The van der Waals surface area contributed by atoms with Gasteiger partial charge in [0.25, 0.3) is 0 Å². The minimum absolute atomic E-state index is 0.0216. The number of rotatable bonds is 2. The molecule has 0 unspecified atom stereocenters. The summed E-state index contributed by atoms with van der Waals surface area (Å²) in [5.41, 5.74) is 3.82. The lowest BCUT2D eigenvalue weighted by molar-refractivity contribution is 0.104. The fourth-order valence-corrected chi connectivity index (χ4v) is 2.96. The third-order valence-corrected chi connectivity index (χ3v) is 4.07. The van der Waals surface area contributed by atoms with E-state index in [2.05, 4.69) is 31.3 Å². The quantitative estimate of drug-likeness (QED) is 0.654. The summed E-state index contributed by atoms with van der Waals surface area (Å²) < 4.78 is 0. The first-order valence-corrected chi connectivity index (χ1v) is 7.70. The van der Waals surface area contributed by atoms with Crippen molar-refractivity contribution in [3.05, 3.63) is 76.3 Å². The predicted octanol–water partition coefficient (Wildman–Crippen LogP) is 4.49. The Balaban J connectivity index is 1.99. The first kappa shape index (κ1) is 14.9. The molecule has 2 aromatic carbocycles. The Hall–Kier alpha value is -2.06. The molecule has 0 bridgehead atoms. The van der Waals surface area contributed by atoms with Crippen LogP contribution in [0.5, 0.6) is 0 Å². The monoisotopic (exact) mass is 311 g/mol. The molecule has 1 heterocycles. The zero-order valence-electron chi connectivity index (χ0n) is 12.7. The van der Waals surface area contributed by atoms with E-state index in [0.717, 1.165) is 17.7 Å². The number of carbonyl (C=O) groups excluding carboxylic acids is 1. The van der Waals surface area contributed by atoms with Crippen molar-refractivity contribution in [3.8, 4) is 0 Å². The Kier molecular flexibility index (Phi) is 3.79. The summed E-state index contributed by atoms with van der Waals surface area (Å²) in [5, 5.41) is 4.11. The summed E-state index contributed by atoms with van der Waals surface area (Å²) in [5.74, 6) is -0.0216.